The van der Waals surface area contributed by atoms with Gasteiger partial charge in [-0.15, -0.1) is 0 Å². The highest BCUT2D eigenvalue weighted by molar-refractivity contribution is 7.07. The second kappa shape index (κ2) is 5.73. The van der Waals surface area contributed by atoms with Gasteiger partial charge in [-0.1, -0.05) is 6.07 Å². The fraction of sp³-hybridized carbons (Fsp3) is 0.333. The van der Waals surface area contributed by atoms with Crippen molar-refractivity contribution in [1.29, 1.82) is 5.41 Å². The highest BCUT2D eigenvalue weighted by atomic mass is 32.1. The molecule has 3 N–H and O–H groups in total. The second-order valence-electron chi connectivity index (χ2n) is 5.19. The molecule has 1 aliphatic rings. The molecule has 0 aliphatic heterocycles. The third-order valence-corrected chi connectivity index (χ3v) is 4.28. The summed E-state index contributed by atoms with van der Waals surface area (Å²) in [7, 11) is 0. The van der Waals surface area contributed by atoms with E-state index in [1.54, 1.807) is 17.5 Å². The summed E-state index contributed by atoms with van der Waals surface area (Å²) < 4.78 is 0. The molecule has 1 saturated carbocycles. The highest BCUT2D eigenvalue weighted by Crippen LogP contribution is 2.30. The van der Waals surface area contributed by atoms with Gasteiger partial charge in [0, 0.05) is 25.3 Å². The average molecular weight is 286 g/mol. The molecular weight excluding hydrogens is 268 g/mol. The third kappa shape index (κ3) is 3.05. The number of amidine groups is 1. The molecule has 104 valence electrons. The van der Waals surface area contributed by atoms with Gasteiger partial charge in [0.05, 0.1) is 0 Å². The van der Waals surface area contributed by atoms with Crippen LogP contribution in [0.2, 0.25) is 0 Å². The van der Waals surface area contributed by atoms with Gasteiger partial charge in [0.1, 0.15) is 11.5 Å². The van der Waals surface area contributed by atoms with Gasteiger partial charge in [0.15, 0.2) is 0 Å². The van der Waals surface area contributed by atoms with E-state index in [9.17, 15) is 0 Å². The molecule has 2 aromatic rings. The van der Waals surface area contributed by atoms with Gasteiger partial charge >= 0.3 is 0 Å². The number of nitrogens with two attached hydrogens (primary N) is 1. The number of nitrogen functional groups attached to an aromatic ring is 1. The number of thiophene rings is 1. The fourth-order valence-electron chi connectivity index (χ4n) is 2.40. The zero-order chi connectivity index (χ0) is 13.9. The van der Waals surface area contributed by atoms with Crippen LogP contribution in [-0.4, -0.2) is 21.8 Å². The monoisotopic (exact) mass is 286 g/mol. The van der Waals surface area contributed by atoms with E-state index in [0.29, 0.717) is 11.7 Å². The Balaban J connectivity index is 1.78. The van der Waals surface area contributed by atoms with E-state index in [1.807, 2.05) is 12.1 Å². The van der Waals surface area contributed by atoms with Crippen molar-refractivity contribution in [2.45, 2.75) is 32.0 Å². The Morgan fingerprint density at radius 3 is 2.90 bits per heavy atom. The molecular formula is C15H18N4S. The fourth-order valence-corrected chi connectivity index (χ4v) is 3.06. The zero-order valence-electron chi connectivity index (χ0n) is 11.2. The first-order valence-electron chi connectivity index (χ1n) is 6.77. The normalized spacial score (nSPS) is 14.7. The number of pyridine rings is 1. The minimum Gasteiger partial charge on any atom is -0.382 e. The van der Waals surface area contributed by atoms with Gasteiger partial charge < -0.3 is 5.73 Å². The molecule has 2 heterocycles. The first-order chi connectivity index (χ1) is 9.74. The van der Waals surface area contributed by atoms with Crippen molar-refractivity contribution >= 4 is 17.2 Å². The molecule has 0 unspecified atom stereocenters. The molecule has 0 spiro atoms. The molecule has 0 aromatic carbocycles. The van der Waals surface area contributed by atoms with Crippen LogP contribution in [0.1, 0.15) is 29.7 Å². The molecule has 0 bridgehead atoms. The Bertz CT molecular complexity index is 590. The molecule has 1 aliphatic carbocycles. The number of nitrogens with one attached hydrogen (secondary N) is 1. The van der Waals surface area contributed by atoms with Crippen molar-refractivity contribution in [3.8, 4) is 0 Å². The van der Waals surface area contributed by atoms with E-state index < -0.39 is 0 Å². The number of hydrogen-bond donors (Lipinski definition) is 2. The second-order valence-corrected chi connectivity index (χ2v) is 5.97. The number of nitrogens with zero attached hydrogens (tertiary/aromatic N) is 2. The largest absolute Gasteiger partial charge is 0.382 e. The lowest BCUT2D eigenvalue weighted by Gasteiger charge is -2.22. The molecule has 4 nitrogen and oxygen atoms in total. The van der Waals surface area contributed by atoms with E-state index in [0.717, 1.165) is 18.7 Å². The van der Waals surface area contributed by atoms with Crippen molar-refractivity contribution in [2.24, 2.45) is 5.73 Å². The van der Waals surface area contributed by atoms with E-state index in [1.165, 1.54) is 18.4 Å². The van der Waals surface area contributed by atoms with Crippen molar-refractivity contribution < 1.29 is 0 Å². The van der Waals surface area contributed by atoms with E-state index in [2.05, 4.69) is 26.7 Å². The lowest BCUT2D eigenvalue weighted by molar-refractivity contribution is 0.245. The van der Waals surface area contributed by atoms with Gasteiger partial charge in [-0.05, 0) is 46.9 Å². The quantitative estimate of drug-likeness (QED) is 0.633. The van der Waals surface area contributed by atoms with E-state index in [4.69, 9.17) is 11.1 Å². The van der Waals surface area contributed by atoms with Crippen LogP contribution in [0.25, 0.3) is 0 Å². The molecule has 5 heteroatoms. The predicted molar refractivity (Wildman–Crippen MR) is 81.8 cm³/mol. The molecule has 0 amide bonds. The maximum absolute atomic E-state index is 7.64. The smallest absolute Gasteiger partial charge is 0.142 e. The lowest BCUT2D eigenvalue weighted by Crippen LogP contribution is -2.27. The average Bonchev–Trinajstić information content (AvgIpc) is 3.17. The molecule has 1 fully saturated rings. The summed E-state index contributed by atoms with van der Waals surface area (Å²) >= 11 is 1.73. The van der Waals surface area contributed by atoms with E-state index in [-0.39, 0.29) is 5.84 Å². The van der Waals surface area contributed by atoms with E-state index >= 15 is 0 Å². The topological polar surface area (TPSA) is 66.0 Å². The highest BCUT2D eigenvalue weighted by Gasteiger charge is 2.29. The zero-order valence-corrected chi connectivity index (χ0v) is 12.1. The maximum Gasteiger partial charge on any atom is 0.142 e. The van der Waals surface area contributed by atoms with Crippen molar-refractivity contribution in [3.63, 3.8) is 0 Å². The number of hydrogen-bond acceptors (Lipinski definition) is 4. The number of aromatic nitrogens is 1. The molecule has 0 saturated heterocycles. The van der Waals surface area contributed by atoms with Crippen LogP contribution in [0.15, 0.2) is 35.2 Å². The van der Waals surface area contributed by atoms with Crippen LogP contribution in [0.5, 0.6) is 0 Å². The van der Waals surface area contributed by atoms with Crippen LogP contribution >= 0.6 is 11.3 Å². The summed E-state index contributed by atoms with van der Waals surface area (Å²) in [5, 5.41) is 12.0. The summed E-state index contributed by atoms with van der Waals surface area (Å²) in [5.74, 6) is 0.0480. The Labute approximate surface area is 122 Å². The van der Waals surface area contributed by atoms with Crippen LogP contribution in [0.3, 0.4) is 0 Å². The van der Waals surface area contributed by atoms with Crippen molar-refractivity contribution in [3.05, 3.63) is 52.0 Å². The van der Waals surface area contributed by atoms with Gasteiger partial charge in [0.25, 0.3) is 0 Å². The third-order valence-electron chi connectivity index (χ3n) is 3.55. The first kappa shape index (κ1) is 13.3. The standard InChI is InChI=1S/C15H18N4S/c16-15(17)14-12(2-1-6-18-14)9-19(13-3-4-13)8-11-5-7-20-10-11/h1-2,5-7,10,13H,3-4,8-9H2,(H3,16,17). The van der Waals surface area contributed by atoms with Gasteiger partial charge in [-0.25, -0.2) is 0 Å². The first-order valence-corrected chi connectivity index (χ1v) is 7.71. The molecule has 2 aromatic heterocycles. The Morgan fingerprint density at radius 1 is 1.40 bits per heavy atom. The maximum atomic E-state index is 7.64. The summed E-state index contributed by atoms with van der Waals surface area (Å²) in [6.45, 7) is 1.77. The summed E-state index contributed by atoms with van der Waals surface area (Å²) in [6, 6.07) is 6.77. The van der Waals surface area contributed by atoms with Gasteiger partial charge in [-0.2, -0.15) is 11.3 Å². The molecule has 0 radical (unpaired) electrons. The minimum absolute atomic E-state index is 0.0480. The SMILES string of the molecule is N=C(N)c1ncccc1CN(Cc1ccsc1)C1CC1. The van der Waals surface area contributed by atoms with Crippen LogP contribution < -0.4 is 5.73 Å². The van der Waals surface area contributed by atoms with Crippen molar-refractivity contribution in [2.75, 3.05) is 0 Å². The van der Waals surface area contributed by atoms with Crippen LogP contribution in [0, 0.1) is 5.41 Å². The predicted octanol–water partition coefficient (Wildman–Crippen LogP) is 2.59. The minimum atomic E-state index is 0.0480. The van der Waals surface area contributed by atoms with Crippen molar-refractivity contribution in [1.82, 2.24) is 9.88 Å². The number of rotatable bonds is 6. The Hall–Kier alpha value is -1.72. The van der Waals surface area contributed by atoms with Gasteiger partial charge in [0.2, 0.25) is 0 Å². The van der Waals surface area contributed by atoms with Crippen LogP contribution in [0.4, 0.5) is 0 Å². The Kier molecular flexibility index (Phi) is 3.80. The molecule has 20 heavy (non-hydrogen) atoms. The summed E-state index contributed by atoms with van der Waals surface area (Å²) in [5.41, 5.74) is 8.64. The molecule has 0 atom stereocenters. The van der Waals surface area contributed by atoms with Crippen LogP contribution in [-0.2, 0) is 13.1 Å². The lowest BCUT2D eigenvalue weighted by atomic mass is 10.1. The Morgan fingerprint density at radius 2 is 2.25 bits per heavy atom. The van der Waals surface area contributed by atoms with Gasteiger partial charge in [-0.3, -0.25) is 15.3 Å². The molecule has 3 rings (SSSR count). The summed E-state index contributed by atoms with van der Waals surface area (Å²) in [4.78, 5) is 6.70. The summed E-state index contributed by atoms with van der Waals surface area (Å²) in [6.07, 6.45) is 4.22.